The van der Waals surface area contributed by atoms with Gasteiger partial charge in [0.15, 0.2) is 0 Å². The van der Waals surface area contributed by atoms with Gasteiger partial charge in [-0.3, -0.25) is 19.7 Å². The van der Waals surface area contributed by atoms with Crippen LogP contribution in [0.15, 0.2) is 12.4 Å². The summed E-state index contributed by atoms with van der Waals surface area (Å²) < 4.78 is 5.47. The van der Waals surface area contributed by atoms with Crippen LogP contribution in [0.25, 0.3) is 0 Å². The SMILES string of the molecule is Cc1cnc(CNC(=O)[C@@H]2CC[C@H](N)CN(C3CCOCC3)C2)cn1. The maximum atomic E-state index is 12.7. The Labute approximate surface area is 149 Å². The Hall–Kier alpha value is -1.57. The fourth-order valence-electron chi connectivity index (χ4n) is 3.65. The molecule has 2 atom stereocenters. The van der Waals surface area contributed by atoms with Gasteiger partial charge in [-0.05, 0) is 32.6 Å². The smallest absolute Gasteiger partial charge is 0.224 e. The van der Waals surface area contributed by atoms with Crippen LogP contribution in [0.4, 0.5) is 0 Å². The summed E-state index contributed by atoms with van der Waals surface area (Å²) in [5, 5.41) is 3.02. The minimum absolute atomic E-state index is 0.0187. The fraction of sp³-hybridized carbons (Fsp3) is 0.722. The predicted octanol–water partition coefficient (Wildman–Crippen LogP) is 0.620. The monoisotopic (exact) mass is 347 g/mol. The zero-order valence-electron chi connectivity index (χ0n) is 15.0. The summed E-state index contributed by atoms with van der Waals surface area (Å²) in [7, 11) is 0. The number of hydrogen-bond acceptors (Lipinski definition) is 6. The Bertz CT molecular complexity index is 559. The molecule has 3 heterocycles. The lowest BCUT2D eigenvalue weighted by atomic mass is 10.0. The summed E-state index contributed by atoms with van der Waals surface area (Å²) in [5.74, 6) is 0.0725. The Morgan fingerprint density at radius 2 is 2.04 bits per heavy atom. The molecule has 1 aromatic rings. The third kappa shape index (κ3) is 5.20. The van der Waals surface area contributed by atoms with Crippen molar-refractivity contribution in [3.63, 3.8) is 0 Å². The van der Waals surface area contributed by atoms with Crippen LogP contribution in [0, 0.1) is 12.8 Å². The normalized spacial score (nSPS) is 26.2. The summed E-state index contributed by atoms with van der Waals surface area (Å²) in [5.41, 5.74) is 7.91. The van der Waals surface area contributed by atoms with Gasteiger partial charge in [0.25, 0.3) is 0 Å². The lowest BCUT2D eigenvalue weighted by molar-refractivity contribution is -0.126. The first kappa shape index (κ1) is 18.2. The number of carbonyl (C=O) groups excluding carboxylic acids is 1. The van der Waals surface area contributed by atoms with Crippen LogP contribution in [0.3, 0.4) is 0 Å². The summed E-state index contributed by atoms with van der Waals surface area (Å²) in [4.78, 5) is 23.6. The highest BCUT2D eigenvalue weighted by molar-refractivity contribution is 5.78. The molecule has 1 aromatic heterocycles. The van der Waals surface area contributed by atoms with Gasteiger partial charge in [0, 0.05) is 44.6 Å². The van der Waals surface area contributed by atoms with E-state index in [9.17, 15) is 4.79 Å². The lowest BCUT2D eigenvalue weighted by Gasteiger charge is -2.35. The fourth-order valence-corrected chi connectivity index (χ4v) is 3.65. The van der Waals surface area contributed by atoms with Crippen molar-refractivity contribution in [3.05, 3.63) is 23.8 Å². The van der Waals surface area contributed by atoms with Gasteiger partial charge in [-0.15, -0.1) is 0 Å². The second kappa shape index (κ2) is 8.69. The van der Waals surface area contributed by atoms with Gasteiger partial charge in [0.1, 0.15) is 0 Å². The molecule has 2 saturated heterocycles. The van der Waals surface area contributed by atoms with Gasteiger partial charge >= 0.3 is 0 Å². The van der Waals surface area contributed by atoms with Gasteiger partial charge in [-0.2, -0.15) is 0 Å². The molecule has 0 spiro atoms. The number of hydrogen-bond donors (Lipinski definition) is 2. The standard InChI is InChI=1S/C18H29N5O2/c1-13-8-21-16(9-20-13)10-22-18(24)14-2-3-15(19)12-23(11-14)17-4-6-25-7-5-17/h8-9,14-15,17H,2-7,10-12,19H2,1H3,(H,22,24)/t14-,15+/m1/s1. The molecule has 0 bridgehead atoms. The number of rotatable bonds is 4. The Morgan fingerprint density at radius 3 is 2.76 bits per heavy atom. The molecule has 3 N–H and O–H groups in total. The third-order valence-corrected chi connectivity index (χ3v) is 5.17. The van der Waals surface area contributed by atoms with Crippen LogP contribution in [-0.2, 0) is 16.1 Å². The molecule has 0 aliphatic carbocycles. The van der Waals surface area contributed by atoms with Crippen molar-refractivity contribution >= 4 is 5.91 Å². The van der Waals surface area contributed by atoms with Crippen LogP contribution < -0.4 is 11.1 Å². The molecular formula is C18H29N5O2. The van der Waals surface area contributed by atoms with Crippen molar-refractivity contribution in [1.82, 2.24) is 20.2 Å². The number of ether oxygens (including phenoxy) is 1. The van der Waals surface area contributed by atoms with Crippen LogP contribution in [0.5, 0.6) is 0 Å². The van der Waals surface area contributed by atoms with E-state index < -0.39 is 0 Å². The summed E-state index contributed by atoms with van der Waals surface area (Å²) in [6.45, 7) is 5.58. The van der Waals surface area contributed by atoms with Crippen LogP contribution in [-0.4, -0.2) is 59.2 Å². The molecule has 0 saturated carbocycles. The maximum Gasteiger partial charge on any atom is 0.224 e. The molecule has 138 valence electrons. The third-order valence-electron chi connectivity index (χ3n) is 5.17. The Balaban J connectivity index is 1.57. The average Bonchev–Trinajstić information content (AvgIpc) is 2.84. The first-order valence-corrected chi connectivity index (χ1v) is 9.24. The minimum Gasteiger partial charge on any atom is -0.381 e. The van der Waals surface area contributed by atoms with Gasteiger partial charge < -0.3 is 15.8 Å². The number of nitrogens with two attached hydrogens (primary N) is 1. The largest absolute Gasteiger partial charge is 0.381 e. The second-order valence-corrected chi connectivity index (χ2v) is 7.20. The van der Waals surface area contributed by atoms with E-state index in [1.807, 2.05) is 6.92 Å². The van der Waals surface area contributed by atoms with E-state index in [1.165, 1.54) is 0 Å². The second-order valence-electron chi connectivity index (χ2n) is 7.20. The van der Waals surface area contributed by atoms with Gasteiger partial charge in [0.2, 0.25) is 5.91 Å². The van der Waals surface area contributed by atoms with Crippen molar-refractivity contribution in [3.8, 4) is 0 Å². The molecule has 2 fully saturated rings. The zero-order valence-corrected chi connectivity index (χ0v) is 15.0. The quantitative estimate of drug-likeness (QED) is 0.829. The minimum atomic E-state index is -0.0187. The van der Waals surface area contributed by atoms with Crippen molar-refractivity contribution in [2.24, 2.45) is 11.7 Å². The van der Waals surface area contributed by atoms with Crippen molar-refractivity contribution in [1.29, 1.82) is 0 Å². The summed E-state index contributed by atoms with van der Waals surface area (Å²) in [6, 6.07) is 0.625. The first-order chi connectivity index (χ1) is 12.1. The molecule has 1 amide bonds. The predicted molar refractivity (Wildman–Crippen MR) is 94.7 cm³/mol. The Kier molecular flexibility index (Phi) is 6.34. The molecule has 7 heteroatoms. The van der Waals surface area contributed by atoms with Gasteiger partial charge in [-0.1, -0.05) is 0 Å². The number of nitrogens with one attached hydrogen (secondary N) is 1. The molecule has 7 nitrogen and oxygen atoms in total. The van der Waals surface area contributed by atoms with E-state index in [2.05, 4.69) is 20.2 Å². The lowest BCUT2D eigenvalue weighted by Crippen LogP contribution is -2.47. The van der Waals surface area contributed by atoms with Crippen LogP contribution in [0.1, 0.15) is 37.1 Å². The van der Waals surface area contributed by atoms with Crippen molar-refractivity contribution in [2.45, 2.75) is 51.2 Å². The van der Waals surface area contributed by atoms with E-state index >= 15 is 0 Å². The number of nitrogens with zero attached hydrogens (tertiary/aromatic N) is 3. The molecule has 2 aliphatic rings. The van der Waals surface area contributed by atoms with Crippen LogP contribution in [0.2, 0.25) is 0 Å². The number of amides is 1. The molecule has 3 rings (SSSR count). The highest BCUT2D eigenvalue weighted by atomic mass is 16.5. The summed E-state index contributed by atoms with van der Waals surface area (Å²) >= 11 is 0. The van der Waals surface area contributed by atoms with Crippen molar-refractivity contribution in [2.75, 3.05) is 26.3 Å². The highest BCUT2D eigenvalue weighted by Gasteiger charge is 2.31. The van der Waals surface area contributed by atoms with E-state index in [0.29, 0.717) is 12.6 Å². The number of likely N-dealkylation sites (tertiary alicyclic amines) is 1. The van der Waals surface area contributed by atoms with Gasteiger partial charge in [0.05, 0.1) is 30.0 Å². The zero-order chi connectivity index (χ0) is 17.6. The molecule has 0 aromatic carbocycles. The topological polar surface area (TPSA) is 93.4 Å². The van der Waals surface area contributed by atoms with E-state index in [-0.39, 0.29) is 17.9 Å². The van der Waals surface area contributed by atoms with E-state index in [0.717, 1.165) is 63.4 Å². The van der Waals surface area contributed by atoms with E-state index in [4.69, 9.17) is 10.5 Å². The maximum absolute atomic E-state index is 12.7. The first-order valence-electron chi connectivity index (χ1n) is 9.24. The molecular weight excluding hydrogens is 318 g/mol. The number of aromatic nitrogens is 2. The molecule has 0 radical (unpaired) electrons. The molecule has 0 unspecified atom stereocenters. The Morgan fingerprint density at radius 1 is 1.24 bits per heavy atom. The number of aryl methyl sites for hydroxylation is 1. The summed E-state index contributed by atoms with van der Waals surface area (Å²) in [6.07, 6.45) is 7.22. The molecule has 25 heavy (non-hydrogen) atoms. The van der Waals surface area contributed by atoms with Crippen molar-refractivity contribution < 1.29 is 9.53 Å². The number of carbonyl (C=O) groups is 1. The van der Waals surface area contributed by atoms with Crippen LogP contribution >= 0.6 is 0 Å². The average molecular weight is 347 g/mol. The molecule has 2 aliphatic heterocycles. The van der Waals surface area contributed by atoms with Gasteiger partial charge in [-0.25, -0.2) is 0 Å². The highest BCUT2D eigenvalue weighted by Crippen LogP contribution is 2.22. The van der Waals surface area contributed by atoms with E-state index in [1.54, 1.807) is 12.4 Å².